The highest BCUT2D eigenvalue weighted by Gasteiger charge is 2.23. The number of hydrogen-bond donors (Lipinski definition) is 3. The van der Waals surface area contributed by atoms with Gasteiger partial charge in [-0.15, -0.1) is 0 Å². The summed E-state index contributed by atoms with van der Waals surface area (Å²) < 4.78 is 0. The van der Waals surface area contributed by atoms with Gasteiger partial charge in [-0.2, -0.15) is 0 Å². The number of carbonyl (C=O) groups excluding carboxylic acids is 1. The highest BCUT2D eigenvalue weighted by molar-refractivity contribution is 5.89. The average Bonchev–Trinajstić information content (AvgIpc) is 3.34. The quantitative estimate of drug-likeness (QED) is 0.786. The topological polar surface area (TPSA) is 66.0 Å². The molecule has 1 fully saturated rings. The lowest BCUT2D eigenvalue weighted by Crippen LogP contribution is -2.30. The molecule has 1 heterocycles. The lowest BCUT2D eigenvalue weighted by Gasteiger charge is -2.16. The second-order valence-corrected chi connectivity index (χ2v) is 6.05. The standard InChI is InChI=1S/C18H22N4O/c1-12-3-6-17(11-19-12)20-13(2)14-4-7-15(8-5-14)21-18(23)22-16-9-10-16/h3-8,11,13,16,20H,9-10H2,1-2H3,(H2,21,22,23). The van der Waals surface area contributed by atoms with Crippen molar-refractivity contribution in [1.82, 2.24) is 10.3 Å². The molecule has 3 rings (SSSR count). The predicted molar refractivity (Wildman–Crippen MR) is 92.6 cm³/mol. The molecule has 1 aromatic carbocycles. The van der Waals surface area contributed by atoms with Crippen molar-refractivity contribution < 1.29 is 4.79 Å². The fourth-order valence-corrected chi connectivity index (χ4v) is 2.32. The first-order chi connectivity index (χ1) is 11.1. The van der Waals surface area contributed by atoms with Gasteiger partial charge in [-0.05, 0) is 56.5 Å². The first kappa shape index (κ1) is 15.3. The Labute approximate surface area is 136 Å². The highest BCUT2D eigenvalue weighted by atomic mass is 16.2. The number of pyridine rings is 1. The third-order valence-electron chi connectivity index (χ3n) is 3.88. The van der Waals surface area contributed by atoms with Crippen molar-refractivity contribution in [2.45, 2.75) is 38.8 Å². The minimum absolute atomic E-state index is 0.128. The maximum Gasteiger partial charge on any atom is 0.319 e. The number of amides is 2. The zero-order chi connectivity index (χ0) is 16.2. The summed E-state index contributed by atoms with van der Waals surface area (Å²) in [6, 6.07) is 12.3. The van der Waals surface area contributed by atoms with Crippen LogP contribution in [0.3, 0.4) is 0 Å². The smallest absolute Gasteiger partial charge is 0.319 e. The van der Waals surface area contributed by atoms with E-state index < -0.39 is 0 Å². The van der Waals surface area contributed by atoms with E-state index in [1.54, 1.807) is 0 Å². The lowest BCUT2D eigenvalue weighted by molar-refractivity contribution is 0.251. The summed E-state index contributed by atoms with van der Waals surface area (Å²) in [5.41, 5.74) is 3.95. The molecule has 1 saturated carbocycles. The SMILES string of the molecule is Cc1ccc(NC(C)c2ccc(NC(=O)NC3CC3)cc2)cn1. The zero-order valence-corrected chi connectivity index (χ0v) is 13.5. The number of aromatic nitrogens is 1. The van der Waals surface area contributed by atoms with Gasteiger partial charge >= 0.3 is 6.03 Å². The summed E-state index contributed by atoms with van der Waals surface area (Å²) in [6.45, 7) is 4.07. The second kappa shape index (κ2) is 6.69. The van der Waals surface area contributed by atoms with Crippen LogP contribution in [-0.2, 0) is 0 Å². The first-order valence-electron chi connectivity index (χ1n) is 7.97. The van der Waals surface area contributed by atoms with Crippen molar-refractivity contribution in [3.63, 3.8) is 0 Å². The molecule has 0 radical (unpaired) electrons. The molecule has 2 aromatic rings. The van der Waals surface area contributed by atoms with Crippen LogP contribution >= 0.6 is 0 Å². The van der Waals surface area contributed by atoms with Crippen molar-refractivity contribution in [2.75, 3.05) is 10.6 Å². The van der Waals surface area contributed by atoms with Crippen LogP contribution in [0.15, 0.2) is 42.6 Å². The molecule has 2 amide bonds. The van der Waals surface area contributed by atoms with Gasteiger partial charge in [-0.1, -0.05) is 12.1 Å². The molecule has 1 atom stereocenters. The van der Waals surface area contributed by atoms with Crippen LogP contribution in [0.1, 0.15) is 37.1 Å². The monoisotopic (exact) mass is 310 g/mol. The minimum Gasteiger partial charge on any atom is -0.377 e. The van der Waals surface area contributed by atoms with Gasteiger partial charge in [0.2, 0.25) is 0 Å². The normalized spacial score (nSPS) is 14.9. The van der Waals surface area contributed by atoms with Crippen LogP contribution in [0.2, 0.25) is 0 Å². The first-order valence-corrected chi connectivity index (χ1v) is 7.97. The number of hydrogen-bond acceptors (Lipinski definition) is 3. The van der Waals surface area contributed by atoms with Crippen LogP contribution in [0.25, 0.3) is 0 Å². The summed E-state index contributed by atoms with van der Waals surface area (Å²) in [5, 5.41) is 9.18. The molecule has 1 aliphatic carbocycles. The van der Waals surface area contributed by atoms with Gasteiger partial charge in [-0.3, -0.25) is 4.98 Å². The largest absolute Gasteiger partial charge is 0.377 e. The van der Waals surface area contributed by atoms with Gasteiger partial charge in [0.1, 0.15) is 0 Å². The van der Waals surface area contributed by atoms with E-state index in [4.69, 9.17) is 0 Å². The highest BCUT2D eigenvalue weighted by Crippen LogP contribution is 2.21. The minimum atomic E-state index is -0.128. The maximum absolute atomic E-state index is 11.7. The summed E-state index contributed by atoms with van der Waals surface area (Å²) in [6.07, 6.45) is 4.01. The second-order valence-electron chi connectivity index (χ2n) is 6.05. The molecule has 120 valence electrons. The van der Waals surface area contributed by atoms with Gasteiger partial charge in [-0.25, -0.2) is 4.79 Å². The Morgan fingerprint density at radius 2 is 1.83 bits per heavy atom. The van der Waals surface area contributed by atoms with Crippen molar-refractivity contribution in [3.05, 3.63) is 53.9 Å². The Bertz CT molecular complexity index is 662. The summed E-state index contributed by atoms with van der Waals surface area (Å²) in [5.74, 6) is 0. The third-order valence-corrected chi connectivity index (χ3v) is 3.88. The van der Waals surface area contributed by atoms with Gasteiger partial charge in [0.05, 0.1) is 11.9 Å². The Balaban J connectivity index is 1.57. The predicted octanol–water partition coefficient (Wildman–Crippen LogP) is 3.85. The Hall–Kier alpha value is -2.56. The number of rotatable bonds is 5. The average molecular weight is 310 g/mol. The van der Waals surface area contributed by atoms with Crippen LogP contribution < -0.4 is 16.0 Å². The molecular weight excluding hydrogens is 288 g/mol. The molecule has 3 N–H and O–H groups in total. The van der Waals surface area contributed by atoms with E-state index in [1.807, 2.05) is 49.5 Å². The number of benzene rings is 1. The van der Waals surface area contributed by atoms with Gasteiger partial charge in [0.25, 0.3) is 0 Å². The van der Waals surface area contributed by atoms with Crippen LogP contribution in [-0.4, -0.2) is 17.1 Å². The zero-order valence-electron chi connectivity index (χ0n) is 13.5. The fourth-order valence-electron chi connectivity index (χ4n) is 2.32. The molecule has 1 unspecified atom stereocenters. The van der Waals surface area contributed by atoms with E-state index in [-0.39, 0.29) is 12.1 Å². The van der Waals surface area contributed by atoms with Crippen LogP contribution in [0, 0.1) is 6.92 Å². The van der Waals surface area contributed by atoms with E-state index in [1.165, 1.54) is 0 Å². The molecule has 23 heavy (non-hydrogen) atoms. The molecule has 1 aromatic heterocycles. The molecular formula is C18H22N4O. The maximum atomic E-state index is 11.7. The number of nitrogens with zero attached hydrogens (tertiary/aromatic N) is 1. The molecule has 1 aliphatic rings. The van der Waals surface area contributed by atoms with Gasteiger partial charge in [0.15, 0.2) is 0 Å². The number of nitrogens with one attached hydrogen (secondary N) is 3. The van der Waals surface area contributed by atoms with E-state index in [0.29, 0.717) is 6.04 Å². The van der Waals surface area contributed by atoms with Crippen molar-refractivity contribution in [1.29, 1.82) is 0 Å². The number of anilines is 2. The fraction of sp³-hybridized carbons (Fsp3) is 0.333. The molecule has 0 aliphatic heterocycles. The molecule has 0 bridgehead atoms. The van der Waals surface area contributed by atoms with Crippen LogP contribution in [0.4, 0.5) is 16.2 Å². The Morgan fingerprint density at radius 1 is 1.13 bits per heavy atom. The Morgan fingerprint density at radius 3 is 2.43 bits per heavy atom. The van der Waals surface area contributed by atoms with E-state index in [2.05, 4.69) is 27.9 Å². The molecule has 5 nitrogen and oxygen atoms in total. The van der Waals surface area contributed by atoms with Crippen molar-refractivity contribution >= 4 is 17.4 Å². The van der Waals surface area contributed by atoms with Crippen LogP contribution in [0.5, 0.6) is 0 Å². The number of urea groups is 1. The molecule has 5 heteroatoms. The molecule has 0 saturated heterocycles. The Kier molecular flexibility index (Phi) is 4.46. The van der Waals surface area contributed by atoms with Crippen molar-refractivity contribution in [2.24, 2.45) is 0 Å². The third kappa shape index (κ3) is 4.45. The summed E-state index contributed by atoms with van der Waals surface area (Å²) >= 11 is 0. The van der Waals surface area contributed by atoms with E-state index >= 15 is 0 Å². The van der Waals surface area contributed by atoms with E-state index in [9.17, 15) is 4.79 Å². The number of aryl methyl sites for hydroxylation is 1. The molecule has 0 spiro atoms. The van der Waals surface area contributed by atoms with Crippen molar-refractivity contribution in [3.8, 4) is 0 Å². The number of carbonyl (C=O) groups is 1. The lowest BCUT2D eigenvalue weighted by atomic mass is 10.1. The van der Waals surface area contributed by atoms with Gasteiger partial charge in [0, 0.05) is 23.5 Å². The van der Waals surface area contributed by atoms with Gasteiger partial charge < -0.3 is 16.0 Å². The summed E-state index contributed by atoms with van der Waals surface area (Å²) in [7, 11) is 0. The van der Waals surface area contributed by atoms with E-state index in [0.717, 1.165) is 35.5 Å². The summed E-state index contributed by atoms with van der Waals surface area (Å²) in [4.78, 5) is 16.0.